The third-order valence-corrected chi connectivity index (χ3v) is 8.63. The molecule has 37 heavy (non-hydrogen) atoms. The number of ether oxygens (including phenoxy) is 3. The van der Waals surface area contributed by atoms with Gasteiger partial charge in [0.05, 0.1) is 17.9 Å². The SMILES string of the molecule is C=C1OC(COC)[C@@]2(C)C(=C(O)C(=O)C3=C2C(OC(C)=O)C[C@]2(C)C(=O)CCC32)/C1=C\CC(C)C(=O)O. The van der Waals surface area contributed by atoms with Gasteiger partial charge in [-0.1, -0.05) is 26.5 Å². The lowest BCUT2D eigenvalue weighted by Gasteiger charge is -2.54. The molecule has 0 aromatic carbocycles. The molecule has 0 spiro atoms. The van der Waals surface area contributed by atoms with Crippen LogP contribution in [0.25, 0.3) is 0 Å². The van der Waals surface area contributed by atoms with E-state index in [1.807, 2.05) is 0 Å². The van der Waals surface area contributed by atoms with Crippen LogP contribution in [0.1, 0.15) is 53.4 Å². The maximum atomic E-state index is 13.9. The van der Waals surface area contributed by atoms with E-state index in [-0.39, 0.29) is 36.6 Å². The van der Waals surface area contributed by atoms with E-state index in [0.717, 1.165) is 0 Å². The average molecular weight is 515 g/mol. The number of carboxylic acids is 1. The summed E-state index contributed by atoms with van der Waals surface area (Å²) in [5.74, 6) is -3.66. The zero-order chi connectivity index (χ0) is 27.4. The molecule has 9 nitrogen and oxygen atoms in total. The number of aliphatic hydroxyl groups excluding tert-OH is 1. The minimum absolute atomic E-state index is 0.00150. The Morgan fingerprint density at radius 2 is 1.97 bits per heavy atom. The summed E-state index contributed by atoms with van der Waals surface area (Å²) in [5, 5.41) is 20.8. The lowest BCUT2D eigenvalue weighted by molar-refractivity contribution is -0.150. The van der Waals surface area contributed by atoms with E-state index in [2.05, 4.69) is 6.58 Å². The van der Waals surface area contributed by atoms with Crippen molar-refractivity contribution in [1.82, 2.24) is 0 Å². The van der Waals surface area contributed by atoms with Crippen molar-refractivity contribution in [3.8, 4) is 0 Å². The van der Waals surface area contributed by atoms with E-state index in [4.69, 9.17) is 14.2 Å². The van der Waals surface area contributed by atoms with Crippen molar-refractivity contribution in [1.29, 1.82) is 0 Å². The third-order valence-electron chi connectivity index (χ3n) is 8.63. The first-order valence-corrected chi connectivity index (χ1v) is 12.5. The maximum absolute atomic E-state index is 13.9. The number of carbonyl (C=O) groups excluding carboxylic acids is 3. The Labute approximate surface area is 215 Å². The highest BCUT2D eigenvalue weighted by atomic mass is 16.5. The van der Waals surface area contributed by atoms with Crippen LogP contribution in [0.5, 0.6) is 0 Å². The Hall–Kier alpha value is -3.20. The second-order valence-corrected chi connectivity index (χ2v) is 10.9. The van der Waals surface area contributed by atoms with Crippen LogP contribution in [0.4, 0.5) is 0 Å². The first-order valence-electron chi connectivity index (χ1n) is 12.5. The molecule has 0 bridgehead atoms. The first kappa shape index (κ1) is 26.9. The van der Waals surface area contributed by atoms with Crippen molar-refractivity contribution < 1.29 is 43.6 Å². The van der Waals surface area contributed by atoms with Crippen LogP contribution in [0.15, 0.2) is 46.5 Å². The van der Waals surface area contributed by atoms with E-state index in [1.165, 1.54) is 14.0 Å². The maximum Gasteiger partial charge on any atom is 0.306 e. The standard InChI is InChI=1S/C28H34O9/c1-13(26(33)34)7-8-16-14(2)36-20(12-35-6)28(5)22(16)25(32)24(31)21-17-9-10-19(30)27(17,4)11-18(23(21)28)37-15(3)29/h8,13,17-18,20,32H,2,7,9-12H2,1,3-6H3,(H,33,34)/b16-8-/t13?,17?,18?,20?,27-,28-/m0/s1. The predicted octanol–water partition coefficient (Wildman–Crippen LogP) is 3.60. The number of hydrogen-bond donors (Lipinski definition) is 2. The smallest absolute Gasteiger partial charge is 0.306 e. The summed E-state index contributed by atoms with van der Waals surface area (Å²) in [6.07, 6.45) is 1.03. The van der Waals surface area contributed by atoms with Crippen molar-refractivity contribution in [2.45, 2.75) is 65.6 Å². The molecule has 0 amide bonds. The van der Waals surface area contributed by atoms with Gasteiger partial charge < -0.3 is 24.4 Å². The molecule has 4 aliphatic rings. The summed E-state index contributed by atoms with van der Waals surface area (Å²) in [4.78, 5) is 50.6. The third kappa shape index (κ3) is 3.95. The highest BCUT2D eigenvalue weighted by molar-refractivity contribution is 6.12. The summed E-state index contributed by atoms with van der Waals surface area (Å²) in [6.45, 7) is 10.5. The zero-order valence-electron chi connectivity index (χ0n) is 21.9. The Kier molecular flexibility index (Phi) is 6.73. The van der Waals surface area contributed by atoms with Gasteiger partial charge in [0.15, 0.2) is 5.76 Å². The van der Waals surface area contributed by atoms with Crippen LogP contribution >= 0.6 is 0 Å². The molecule has 0 aromatic heterocycles. The van der Waals surface area contributed by atoms with Crippen LogP contribution in [-0.4, -0.2) is 59.6 Å². The van der Waals surface area contributed by atoms with Crippen LogP contribution < -0.4 is 0 Å². The van der Waals surface area contributed by atoms with Gasteiger partial charge >= 0.3 is 11.9 Å². The van der Waals surface area contributed by atoms with E-state index in [0.29, 0.717) is 29.6 Å². The number of methoxy groups -OCH3 is 1. The number of fused-ring (bicyclic) bond motifs is 4. The molecule has 2 fully saturated rings. The van der Waals surface area contributed by atoms with Crippen LogP contribution in [0.2, 0.25) is 0 Å². The van der Waals surface area contributed by atoms with E-state index >= 15 is 0 Å². The molecule has 9 heteroatoms. The molecular formula is C28H34O9. The predicted molar refractivity (Wildman–Crippen MR) is 131 cm³/mol. The van der Waals surface area contributed by atoms with Crippen molar-refractivity contribution in [2.75, 3.05) is 13.7 Å². The fraction of sp³-hybridized carbons (Fsp3) is 0.571. The van der Waals surface area contributed by atoms with Crippen LogP contribution in [0, 0.1) is 22.7 Å². The number of allylic oxidation sites excluding steroid dienone is 3. The molecule has 200 valence electrons. The van der Waals surface area contributed by atoms with Crippen molar-refractivity contribution in [3.63, 3.8) is 0 Å². The Morgan fingerprint density at radius 3 is 2.57 bits per heavy atom. The number of ketones is 2. The number of aliphatic carboxylic acids is 1. The van der Waals surface area contributed by atoms with Gasteiger partial charge in [-0.2, -0.15) is 0 Å². The zero-order valence-corrected chi connectivity index (χ0v) is 21.9. The Morgan fingerprint density at radius 1 is 1.30 bits per heavy atom. The molecule has 0 aromatic rings. The molecule has 3 aliphatic carbocycles. The second-order valence-electron chi connectivity index (χ2n) is 10.9. The Balaban J connectivity index is 1.99. The number of hydrogen-bond acceptors (Lipinski definition) is 8. The summed E-state index contributed by atoms with van der Waals surface area (Å²) >= 11 is 0. The minimum Gasteiger partial charge on any atom is -0.504 e. The highest BCUT2D eigenvalue weighted by Gasteiger charge is 2.63. The quantitative estimate of drug-likeness (QED) is 0.509. The fourth-order valence-corrected chi connectivity index (χ4v) is 6.66. The van der Waals surface area contributed by atoms with Gasteiger partial charge in [-0.15, -0.1) is 0 Å². The molecule has 1 saturated heterocycles. The van der Waals surface area contributed by atoms with Crippen molar-refractivity contribution in [2.24, 2.45) is 22.7 Å². The van der Waals surface area contributed by atoms with Crippen LogP contribution in [0.3, 0.4) is 0 Å². The summed E-state index contributed by atoms with van der Waals surface area (Å²) in [6, 6.07) is 0. The second kappa shape index (κ2) is 9.28. The summed E-state index contributed by atoms with van der Waals surface area (Å²) in [5.41, 5.74) is -0.714. The molecule has 6 atom stereocenters. The lowest BCUT2D eigenvalue weighted by atomic mass is 9.53. The van der Waals surface area contributed by atoms with Crippen molar-refractivity contribution >= 4 is 23.5 Å². The molecule has 0 radical (unpaired) electrons. The van der Waals surface area contributed by atoms with E-state index in [9.17, 15) is 29.4 Å². The molecule has 4 unspecified atom stereocenters. The average Bonchev–Trinajstić information content (AvgIpc) is 3.11. The lowest BCUT2D eigenvalue weighted by Crippen LogP contribution is -2.55. The molecule has 1 aliphatic heterocycles. The number of carboxylic acid groups (broad SMARTS) is 1. The normalized spacial score (nSPS) is 35.1. The van der Waals surface area contributed by atoms with Gasteiger partial charge in [0.2, 0.25) is 5.78 Å². The van der Waals surface area contributed by atoms with E-state index in [1.54, 1.807) is 26.8 Å². The van der Waals surface area contributed by atoms with Crippen molar-refractivity contribution in [3.05, 3.63) is 46.5 Å². The van der Waals surface area contributed by atoms with Gasteiger partial charge in [-0.25, -0.2) is 0 Å². The van der Waals surface area contributed by atoms with Gasteiger partial charge in [-0.3, -0.25) is 19.2 Å². The first-order chi connectivity index (χ1) is 17.3. The number of esters is 1. The van der Waals surface area contributed by atoms with Gasteiger partial charge in [0.1, 0.15) is 23.8 Å². The van der Waals surface area contributed by atoms with E-state index < -0.39 is 58.4 Å². The largest absolute Gasteiger partial charge is 0.504 e. The summed E-state index contributed by atoms with van der Waals surface area (Å²) < 4.78 is 17.4. The minimum atomic E-state index is -1.18. The van der Waals surface area contributed by atoms with Crippen LogP contribution in [-0.2, 0) is 33.4 Å². The Bertz CT molecular complexity index is 1190. The van der Waals surface area contributed by atoms with Gasteiger partial charge in [0, 0.05) is 54.9 Å². The monoisotopic (exact) mass is 514 g/mol. The number of aliphatic hydroxyl groups is 1. The molecule has 4 rings (SSSR count). The number of carbonyl (C=O) groups is 4. The topological polar surface area (TPSA) is 136 Å². The molecule has 2 N–H and O–H groups in total. The fourth-order valence-electron chi connectivity index (χ4n) is 6.66. The van der Waals surface area contributed by atoms with Gasteiger partial charge in [0.25, 0.3) is 0 Å². The molecule has 1 heterocycles. The summed E-state index contributed by atoms with van der Waals surface area (Å²) in [7, 11) is 1.50. The van der Waals surface area contributed by atoms with Gasteiger partial charge in [-0.05, 0) is 25.3 Å². The molecular weight excluding hydrogens is 480 g/mol. The highest BCUT2D eigenvalue weighted by Crippen LogP contribution is 2.63. The number of rotatable bonds is 6. The number of Topliss-reactive ketones (excluding diaryl/α,β-unsaturated/α-hetero) is 2. The molecule has 1 saturated carbocycles.